The summed E-state index contributed by atoms with van der Waals surface area (Å²) in [6.07, 6.45) is 2.67. The summed E-state index contributed by atoms with van der Waals surface area (Å²) < 4.78 is 0. The Labute approximate surface area is 87.0 Å². The quantitative estimate of drug-likeness (QED) is 0.559. The van der Waals surface area contributed by atoms with E-state index in [2.05, 4.69) is 20.9 Å². The molecule has 0 N–H and O–H groups in total. The van der Waals surface area contributed by atoms with Gasteiger partial charge in [0, 0.05) is 24.5 Å². The van der Waals surface area contributed by atoms with Crippen molar-refractivity contribution in [3.63, 3.8) is 0 Å². The Hall–Kier alpha value is -0.450. The molecule has 4 heteroatoms. The summed E-state index contributed by atoms with van der Waals surface area (Å²) in [5.74, 6) is 4.13. The molecule has 0 aromatic rings. The monoisotopic (exact) mass is 209 g/mol. The van der Waals surface area contributed by atoms with E-state index in [0.717, 1.165) is 13.1 Å². The molecule has 3 aliphatic rings. The molecule has 3 rings (SSSR count). The molecule has 0 saturated carbocycles. The van der Waals surface area contributed by atoms with E-state index in [9.17, 15) is 0 Å². The van der Waals surface area contributed by atoms with Crippen LogP contribution in [0.2, 0.25) is 0 Å². The molecule has 0 aromatic heterocycles. The predicted molar refractivity (Wildman–Crippen MR) is 62.6 cm³/mol. The molecule has 0 radical (unpaired) electrons. The molecule has 76 valence electrons. The highest BCUT2D eigenvalue weighted by Gasteiger charge is 2.29. The Balaban J connectivity index is 1.88. The highest BCUT2D eigenvalue weighted by molar-refractivity contribution is 8.28. The van der Waals surface area contributed by atoms with Crippen molar-refractivity contribution in [2.24, 2.45) is 4.99 Å². The van der Waals surface area contributed by atoms with Gasteiger partial charge in [-0.2, -0.15) is 0 Å². The van der Waals surface area contributed by atoms with E-state index in [1.54, 1.807) is 0 Å². The Morgan fingerprint density at radius 3 is 2.71 bits per heavy atom. The van der Waals surface area contributed by atoms with Crippen LogP contribution in [-0.4, -0.2) is 47.6 Å². The van der Waals surface area contributed by atoms with Crippen LogP contribution >= 0.6 is 10.5 Å². The van der Waals surface area contributed by atoms with Crippen LogP contribution in [0.3, 0.4) is 0 Å². The number of hydrazine groups is 1. The summed E-state index contributed by atoms with van der Waals surface area (Å²) in [5, 5.41) is 4.92. The van der Waals surface area contributed by atoms with Crippen LogP contribution < -0.4 is 0 Å². The Morgan fingerprint density at radius 1 is 1.21 bits per heavy atom. The minimum atomic E-state index is 0.0651. The summed E-state index contributed by atoms with van der Waals surface area (Å²) in [4.78, 5) is 5.94. The van der Waals surface area contributed by atoms with Gasteiger partial charge >= 0.3 is 0 Å². The smallest absolute Gasteiger partial charge is 0.0672 e. The highest BCUT2D eigenvalue weighted by Crippen LogP contribution is 2.35. The van der Waals surface area contributed by atoms with Crippen molar-refractivity contribution in [1.82, 2.24) is 10.0 Å². The third-order valence-electron chi connectivity index (χ3n) is 3.11. The third-order valence-corrected chi connectivity index (χ3v) is 4.47. The fraction of sp³-hybridized carbons (Fsp3) is 0.600. The van der Waals surface area contributed by atoms with Gasteiger partial charge in [-0.05, 0) is 12.8 Å². The normalized spacial score (nSPS) is 33.3. The Kier molecular flexibility index (Phi) is 2.08. The summed E-state index contributed by atoms with van der Waals surface area (Å²) >= 11 is 0. The summed E-state index contributed by atoms with van der Waals surface area (Å²) in [5.41, 5.74) is 3.31. The first-order chi connectivity index (χ1) is 6.84. The lowest BCUT2D eigenvalue weighted by atomic mass is 10.2. The van der Waals surface area contributed by atoms with Gasteiger partial charge < -0.3 is 0 Å². The molecule has 0 amide bonds. The molecule has 0 aromatic carbocycles. The van der Waals surface area contributed by atoms with Crippen molar-refractivity contribution < 1.29 is 0 Å². The van der Waals surface area contributed by atoms with Gasteiger partial charge in [0.1, 0.15) is 0 Å². The first-order valence-electron chi connectivity index (χ1n) is 5.13. The van der Waals surface area contributed by atoms with E-state index < -0.39 is 0 Å². The lowest BCUT2D eigenvalue weighted by Crippen LogP contribution is -2.50. The van der Waals surface area contributed by atoms with Crippen molar-refractivity contribution in [2.75, 3.05) is 26.2 Å². The molecular weight excluding hydrogens is 194 g/mol. The molecule has 0 bridgehead atoms. The van der Waals surface area contributed by atoms with Gasteiger partial charge in [-0.3, -0.25) is 4.99 Å². The van der Waals surface area contributed by atoms with Gasteiger partial charge in [0.25, 0.3) is 0 Å². The minimum Gasteiger partial charge on any atom is -0.252 e. The van der Waals surface area contributed by atoms with Gasteiger partial charge in [0.2, 0.25) is 0 Å². The minimum absolute atomic E-state index is 0.0651. The van der Waals surface area contributed by atoms with E-state index in [-0.39, 0.29) is 10.5 Å². The topological polar surface area (TPSA) is 18.8 Å². The van der Waals surface area contributed by atoms with Gasteiger partial charge in [0.15, 0.2) is 0 Å². The highest BCUT2D eigenvalue weighted by atomic mass is 32.2. The molecule has 1 unspecified atom stereocenters. The van der Waals surface area contributed by atoms with Crippen LogP contribution in [0.15, 0.2) is 15.6 Å². The van der Waals surface area contributed by atoms with E-state index in [1.807, 2.05) is 5.55 Å². The second kappa shape index (κ2) is 3.29. The zero-order valence-electron chi connectivity index (χ0n) is 8.28. The maximum atomic E-state index is 4.47. The maximum absolute atomic E-state index is 4.47. The van der Waals surface area contributed by atoms with E-state index >= 15 is 0 Å². The van der Waals surface area contributed by atoms with Gasteiger partial charge in [-0.25, -0.2) is 10.0 Å². The zero-order valence-corrected chi connectivity index (χ0v) is 9.09. The first kappa shape index (κ1) is 8.83. The molecule has 3 heterocycles. The van der Waals surface area contributed by atoms with Crippen LogP contribution in [0.1, 0.15) is 12.8 Å². The number of fused-ring (bicyclic) bond motifs is 1. The summed E-state index contributed by atoms with van der Waals surface area (Å²) in [6, 6.07) is 0. The molecule has 1 atom stereocenters. The SMILES string of the molecule is C=S1C=NC2=C1CN1CCCCN1C2. The second-order valence-electron chi connectivity index (χ2n) is 4.02. The Bertz CT molecular complexity index is 329. The van der Waals surface area contributed by atoms with Crippen LogP contribution in [0.4, 0.5) is 0 Å². The van der Waals surface area contributed by atoms with E-state index in [4.69, 9.17) is 0 Å². The van der Waals surface area contributed by atoms with Crippen LogP contribution in [0.25, 0.3) is 0 Å². The predicted octanol–water partition coefficient (Wildman–Crippen LogP) is 1.27. The zero-order chi connectivity index (χ0) is 9.54. The van der Waals surface area contributed by atoms with Crippen molar-refractivity contribution >= 4 is 21.9 Å². The van der Waals surface area contributed by atoms with E-state index in [1.165, 1.54) is 36.5 Å². The lowest BCUT2D eigenvalue weighted by Gasteiger charge is -2.42. The molecule has 0 aliphatic carbocycles. The van der Waals surface area contributed by atoms with Gasteiger partial charge in [0.05, 0.1) is 17.8 Å². The number of rotatable bonds is 0. The number of hydrogen-bond acceptors (Lipinski definition) is 3. The largest absolute Gasteiger partial charge is 0.252 e. The third kappa shape index (κ3) is 1.29. The average molecular weight is 209 g/mol. The van der Waals surface area contributed by atoms with Crippen LogP contribution in [0, 0.1) is 0 Å². The molecular formula is C10H15N3S. The standard InChI is InChI=1S/C10H15N3S/c1-14-8-11-9-6-12-4-2-3-5-13(12)7-10(9)14/h8H,1-7H2. The fourth-order valence-electron chi connectivity index (χ4n) is 2.29. The van der Waals surface area contributed by atoms with Gasteiger partial charge in [-0.15, -0.1) is 10.5 Å². The summed E-state index contributed by atoms with van der Waals surface area (Å²) in [7, 11) is 0.0651. The van der Waals surface area contributed by atoms with Crippen molar-refractivity contribution in [1.29, 1.82) is 0 Å². The second-order valence-corrected chi connectivity index (χ2v) is 5.58. The lowest BCUT2D eigenvalue weighted by molar-refractivity contribution is -0.0410. The molecule has 1 fully saturated rings. The molecule has 14 heavy (non-hydrogen) atoms. The Morgan fingerprint density at radius 2 is 1.93 bits per heavy atom. The van der Waals surface area contributed by atoms with Crippen LogP contribution in [0.5, 0.6) is 0 Å². The molecule has 3 nitrogen and oxygen atoms in total. The van der Waals surface area contributed by atoms with Crippen molar-refractivity contribution in [2.45, 2.75) is 12.8 Å². The average Bonchev–Trinajstić information content (AvgIpc) is 2.57. The maximum Gasteiger partial charge on any atom is 0.0672 e. The summed E-state index contributed by atoms with van der Waals surface area (Å²) in [6.45, 7) is 4.51. The number of aliphatic imine (C=N–C) groups is 1. The number of nitrogens with zero attached hydrogens (tertiary/aromatic N) is 3. The van der Waals surface area contributed by atoms with Crippen LogP contribution in [-0.2, 0) is 0 Å². The van der Waals surface area contributed by atoms with Gasteiger partial charge in [-0.1, -0.05) is 5.87 Å². The molecule has 1 saturated heterocycles. The first-order valence-corrected chi connectivity index (χ1v) is 6.59. The fourth-order valence-corrected chi connectivity index (χ4v) is 3.40. The van der Waals surface area contributed by atoms with E-state index in [0.29, 0.717) is 0 Å². The molecule has 3 aliphatic heterocycles. The van der Waals surface area contributed by atoms with Crippen molar-refractivity contribution in [3.8, 4) is 0 Å². The molecule has 0 spiro atoms. The number of hydrogen-bond donors (Lipinski definition) is 0. The van der Waals surface area contributed by atoms with Crippen molar-refractivity contribution in [3.05, 3.63) is 10.6 Å².